The normalized spacial score (nSPS) is 12.0. The molecule has 4 heteroatoms. The molecule has 0 saturated heterocycles. The van der Waals surface area contributed by atoms with Crippen LogP contribution in [0.5, 0.6) is 0 Å². The summed E-state index contributed by atoms with van der Waals surface area (Å²) in [4.78, 5) is 10.1. The first-order chi connectivity index (χ1) is 24.8. The smallest absolute Gasteiger partial charge is 0.235 e. The van der Waals surface area contributed by atoms with Crippen molar-refractivity contribution in [3.63, 3.8) is 0 Å². The molecule has 8 aromatic carbocycles. The lowest BCUT2D eigenvalue weighted by Gasteiger charge is -2.12. The molecule has 0 aliphatic carbocycles. The summed E-state index contributed by atoms with van der Waals surface area (Å²) in [5.74, 6) is 0.643. The number of fused-ring (bicyclic) bond motifs is 12. The Morgan fingerprint density at radius 2 is 1.02 bits per heavy atom. The minimum atomic E-state index is 0.643. The lowest BCUT2D eigenvalue weighted by molar-refractivity contribution is 0.670. The molecule has 4 nitrogen and oxygen atoms in total. The van der Waals surface area contributed by atoms with Crippen molar-refractivity contribution >= 4 is 76.1 Å². The second kappa shape index (κ2) is 10.4. The molecule has 50 heavy (non-hydrogen) atoms. The first-order valence-corrected chi connectivity index (χ1v) is 16.9. The number of rotatable bonds is 3. The highest BCUT2D eigenvalue weighted by molar-refractivity contribution is 6.25. The van der Waals surface area contributed by atoms with E-state index >= 15 is 0 Å². The maximum Gasteiger partial charge on any atom is 0.235 e. The lowest BCUT2D eigenvalue weighted by Crippen LogP contribution is -2.01. The van der Waals surface area contributed by atoms with Crippen LogP contribution < -0.4 is 0 Å². The fourth-order valence-electron chi connectivity index (χ4n) is 8.01. The van der Waals surface area contributed by atoms with Gasteiger partial charge in [0.15, 0.2) is 0 Å². The second-order valence-electron chi connectivity index (χ2n) is 13.0. The largest absolute Gasteiger partial charge is 0.455 e. The summed E-state index contributed by atoms with van der Waals surface area (Å²) in [5.41, 5.74) is 8.05. The fourth-order valence-corrected chi connectivity index (χ4v) is 8.01. The van der Waals surface area contributed by atoms with Crippen LogP contribution in [0.4, 0.5) is 0 Å². The molecule has 232 valence electrons. The van der Waals surface area contributed by atoms with Gasteiger partial charge in [-0.25, -0.2) is 9.97 Å². The van der Waals surface area contributed by atoms with Gasteiger partial charge in [0.2, 0.25) is 5.95 Å². The second-order valence-corrected chi connectivity index (χ2v) is 13.0. The molecule has 0 atom stereocenters. The van der Waals surface area contributed by atoms with E-state index in [9.17, 15) is 0 Å². The molecule has 3 heterocycles. The van der Waals surface area contributed by atoms with Gasteiger partial charge in [-0.3, -0.25) is 4.57 Å². The standard InChI is InChI=1S/C46H27N3O/c1-2-12-33-31(10-1)32-11-3-4-13-34(32)39-27-29(20-22-35(33)39)41-24-25-47-46(48-41)49-42-18-7-5-14-36(42)40-26-28(21-23-43(40)49)30-16-9-17-38-37-15-6-8-19-44(37)50-45(30)38/h1-27H. The van der Waals surface area contributed by atoms with Gasteiger partial charge in [0, 0.05) is 38.9 Å². The number of hydrogen-bond acceptors (Lipinski definition) is 3. The van der Waals surface area contributed by atoms with Gasteiger partial charge < -0.3 is 4.42 Å². The van der Waals surface area contributed by atoms with Crippen LogP contribution in [0.25, 0.3) is 104 Å². The van der Waals surface area contributed by atoms with Crippen molar-refractivity contribution in [1.29, 1.82) is 0 Å². The van der Waals surface area contributed by atoms with Gasteiger partial charge in [-0.1, -0.05) is 121 Å². The third-order valence-electron chi connectivity index (χ3n) is 10.3. The average molecular weight is 638 g/mol. The van der Waals surface area contributed by atoms with Crippen molar-refractivity contribution in [2.24, 2.45) is 0 Å². The average Bonchev–Trinajstić information content (AvgIpc) is 3.73. The molecule has 0 N–H and O–H groups in total. The van der Waals surface area contributed by atoms with Crippen LogP contribution in [0.1, 0.15) is 0 Å². The van der Waals surface area contributed by atoms with Crippen molar-refractivity contribution in [2.45, 2.75) is 0 Å². The highest BCUT2D eigenvalue weighted by Gasteiger charge is 2.18. The molecule has 0 aliphatic heterocycles. The van der Waals surface area contributed by atoms with Crippen LogP contribution in [0.3, 0.4) is 0 Å². The molecular weight excluding hydrogens is 611 g/mol. The van der Waals surface area contributed by atoms with Gasteiger partial charge in [-0.2, -0.15) is 0 Å². The molecule has 0 amide bonds. The molecule has 0 spiro atoms. The summed E-state index contributed by atoms with van der Waals surface area (Å²) in [5, 5.41) is 12.1. The summed E-state index contributed by atoms with van der Waals surface area (Å²) in [6.45, 7) is 0. The maximum absolute atomic E-state index is 6.41. The van der Waals surface area contributed by atoms with Crippen LogP contribution in [0.15, 0.2) is 168 Å². The molecular formula is C46H27N3O. The highest BCUT2D eigenvalue weighted by Crippen LogP contribution is 2.40. The van der Waals surface area contributed by atoms with Crippen LogP contribution >= 0.6 is 0 Å². The topological polar surface area (TPSA) is 43.9 Å². The molecule has 11 aromatic rings. The Kier molecular flexibility index (Phi) is 5.63. The summed E-state index contributed by atoms with van der Waals surface area (Å²) in [6.07, 6.45) is 1.87. The van der Waals surface area contributed by atoms with Crippen molar-refractivity contribution < 1.29 is 4.42 Å². The number of benzene rings is 8. The molecule has 0 bridgehead atoms. The SMILES string of the molecule is c1ccc2c(c1)oc1c(-c3ccc4c(c3)c3ccccc3n4-c3nccc(-c4ccc5c6ccccc6c6ccccc6c5c4)n3)cccc12. The number of para-hydroxylation sites is 3. The maximum atomic E-state index is 6.41. The summed E-state index contributed by atoms with van der Waals surface area (Å²) < 4.78 is 8.60. The fraction of sp³-hybridized carbons (Fsp3) is 0. The minimum absolute atomic E-state index is 0.643. The van der Waals surface area contributed by atoms with Crippen LogP contribution in [0, 0.1) is 0 Å². The molecule has 0 fully saturated rings. The number of nitrogens with zero attached hydrogens (tertiary/aromatic N) is 3. The van der Waals surface area contributed by atoms with Crippen LogP contribution in [-0.2, 0) is 0 Å². The zero-order valence-corrected chi connectivity index (χ0v) is 26.8. The van der Waals surface area contributed by atoms with E-state index in [1.54, 1.807) is 0 Å². The first kappa shape index (κ1) is 27.2. The lowest BCUT2D eigenvalue weighted by atomic mass is 9.93. The Morgan fingerprint density at radius 3 is 1.82 bits per heavy atom. The molecule has 0 unspecified atom stereocenters. The third kappa shape index (κ3) is 3.87. The number of aromatic nitrogens is 3. The van der Waals surface area contributed by atoms with E-state index in [1.165, 1.54) is 32.3 Å². The van der Waals surface area contributed by atoms with Gasteiger partial charge in [0.05, 0.1) is 16.7 Å². The van der Waals surface area contributed by atoms with Gasteiger partial charge in [0.25, 0.3) is 0 Å². The zero-order valence-electron chi connectivity index (χ0n) is 26.8. The van der Waals surface area contributed by atoms with Crippen molar-refractivity contribution in [3.05, 3.63) is 164 Å². The minimum Gasteiger partial charge on any atom is -0.455 e. The van der Waals surface area contributed by atoms with E-state index in [0.29, 0.717) is 5.95 Å². The van der Waals surface area contributed by atoms with Gasteiger partial charge in [-0.05, 0) is 74.3 Å². The Balaban J connectivity index is 1.09. The molecule has 11 rings (SSSR count). The van der Waals surface area contributed by atoms with Crippen molar-refractivity contribution in [3.8, 4) is 28.3 Å². The monoisotopic (exact) mass is 637 g/mol. The van der Waals surface area contributed by atoms with E-state index in [-0.39, 0.29) is 0 Å². The predicted octanol–water partition coefficient (Wildman–Crippen LogP) is 12.3. The Hall–Kier alpha value is -6.78. The Morgan fingerprint density at radius 1 is 0.420 bits per heavy atom. The summed E-state index contributed by atoms with van der Waals surface area (Å²) in [6, 6.07) is 55.9. The summed E-state index contributed by atoms with van der Waals surface area (Å²) in [7, 11) is 0. The molecule has 0 radical (unpaired) electrons. The number of furan rings is 1. The van der Waals surface area contributed by atoms with E-state index in [4.69, 9.17) is 14.4 Å². The van der Waals surface area contributed by atoms with Crippen LogP contribution in [0.2, 0.25) is 0 Å². The van der Waals surface area contributed by atoms with Crippen LogP contribution in [-0.4, -0.2) is 14.5 Å². The highest BCUT2D eigenvalue weighted by atomic mass is 16.3. The Labute approximate surface area is 286 Å². The molecule has 3 aromatic heterocycles. The quantitative estimate of drug-likeness (QED) is 0.181. The first-order valence-electron chi connectivity index (χ1n) is 16.9. The number of hydrogen-bond donors (Lipinski definition) is 0. The van der Waals surface area contributed by atoms with Gasteiger partial charge in [-0.15, -0.1) is 0 Å². The van der Waals surface area contributed by atoms with E-state index < -0.39 is 0 Å². The van der Waals surface area contributed by atoms with Gasteiger partial charge >= 0.3 is 0 Å². The predicted molar refractivity (Wildman–Crippen MR) is 207 cm³/mol. The molecule has 0 saturated carbocycles. The van der Waals surface area contributed by atoms with E-state index in [0.717, 1.165) is 66.1 Å². The molecule has 0 aliphatic rings. The summed E-state index contributed by atoms with van der Waals surface area (Å²) >= 11 is 0. The van der Waals surface area contributed by atoms with Crippen molar-refractivity contribution in [1.82, 2.24) is 14.5 Å². The van der Waals surface area contributed by atoms with E-state index in [1.807, 2.05) is 24.4 Å². The Bertz CT molecular complexity index is 3130. The zero-order chi connectivity index (χ0) is 32.8. The van der Waals surface area contributed by atoms with Crippen molar-refractivity contribution in [2.75, 3.05) is 0 Å². The van der Waals surface area contributed by atoms with Gasteiger partial charge in [0.1, 0.15) is 11.2 Å². The van der Waals surface area contributed by atoms with E-state index in [2.05, 4.69) is 144 Å². The third-order valence-corrected chi connectivity index (χ3v) is 10.3.